The number of carbonyl (C=O) groups excluding carboxylic acids is 1. The van der Waals surface area contributed by atoms with E-state index in [-0.39, 0.29) is 53.7 Å². The van der Waals surface area contributed by atoms with Crippen molar-refractivity contribution in [1.82, 2.24) is 4.90 Å². The van der Waals surface area contributed by atoms with E-state index < -0.39 is 44.2 Å². The van der Waals surface area contributed by atoms with E-state index in [0.29, 0.717) is 30.5 Å². The SMILES string of the molecule is Cc1cccc(S(=O)(=O)C23CCN(C(=O)C4CCCCC4)C2CCc2cc(C(F)(C(F)(F)F)C(F)(F)F)ccc23)c1. The van der Waals surface area contributed by atoms with E-state index >= 15 is 0 Å². The molecule has 1 heterocycles. The average molecular weight is 606 g/mol. The molecular formula is C29H30F7NO3S. The molecule has 1 saturated heterocycles. The van der Waals surface area contributed by atoms with Crippen LogP contribution in [0.4, 0.5) is 30.7 Å². The minimum Gasteiger partial charge on any atom is -0.337 e. The second kappa shape index (κ2) is 9.98. The van der Waals surface area contributed by atoms with Crippen molar-refractivity contribution < 1.29 is 43.9 Å². The number of sulfone groups is 1. The number of aryl methyl sites for hydroxylation is 2. The maximum atomic E-state index is 15.0. The predicted molar refractivity (Wildman–Crippen MR) is 136 cm³/mol. The number of hydrogen-bond acceptors (Lipinski definition) is 3. The van der Waals surface area contributed by atoms with Crippen molar-refractivity contribution in [1.29, 1.82) is 0 Å². The molecule has 1 aliphatic heterocycles. The van der Waals surface area contributed by atoms with Gasteiger partial charge in [-0.2, -0.15) is 26.3 Å². The Labute approximate surface area is 233 Å². The van der Waals surface area contributed by atoms with Crippen LogP contribution in [0.25, 0.3) is 0 Å². The molecule has 0 aromatic heterocycles. The zero-order valence-electron chi connectivity index (χ0n) is 22.3. The Morgan fingerprint density at radius 2 is 1.56 bits per heavy atom. The first-order valence-corrected chi connectivity index (χ1v) is 15.1. The summed E-state index contributed by atoms with van der Waals surface area (Å²) in [5, 5.41) is 0. The minimum atomic E-state index is -6.29. The Morgan fingerprint density at radius 1 is 0.902 bits per heavy atom. The summed E-state index contributed by atoms with van der Waals surface area (Å²) in [5.41, 5.74) is -6.73. The van der Waals surface area contributed by atoms with Crippen molar-refractivity contribution >= 4 is 15.7 Å². The summed E-state index contributed by atoms with van der Waals surface area (Å²) >= 11 is 0. The van der Waals surface area contributed by atoms with Crippen LogP contribution in [0.15, 0.2) is 47.4 Å². The highest BCUT2D eigenvalue weighted by Crippen LogP contribution is 2.57. The van der Waals surface area contributed by atoms with E-state index in [9.17, 15) is 43.9 Å². The van der Waals surface area contributed by atoms with Gasteiger partial charge in [0.1, 0.15) is 4.75 Å². The van der Waals surface area contributed by atoms with E-state index in [1.165, 1.54) is 12.1 Å². The first-order valence-electron chi connectivity index (χ1n) is 13.6. The Bertz CT molecular complexity index is 1430. The standard InChI is InChI=1S/C29H30F7NO3S/c1-18-6-5-9-22(16-18)41(39,40)26-14-15-37(25(38)19-7-3-2-4-8-19)24(26)13-10-20-17-21(11-12-23(20)26)27(30,28(31,32)33)29(34,35)36/h5-6,9,11-12,16-17,19,24H,2-4,7-8,10,13-15H2,1H3. The number of amides is 1. The van der Waals surface area contributed by atoms with Crippen molar-refractivity contribution in [2.75, 3.05) is 6.54 Å². The number of carbonyl (C=O) groups is 1. The average Bonchev–Trinajstić information content (AvgIpc) is 3.33. The molecule has 3 aliphatic rings. The van der Waals surface area contributed by atoms with E-state index in [2.05, 4.69) is 0 Å². The number of nitrogens with zero attached hydrogens (tertiary/aromatic N) is 1. The van der Waals surface area contributed by atoms with Crippen molar-refractivity contribution in [2.45, 2.75) is 92.0 Å². The molecule has 2 aromatic rings. The molecule has 2 aliphatic carbocycles. The smallest absolute Gasteiger partial charge is 0.337 e. The molecule has 12 heteroatoms. The van der Waals surface area contributed by atoms with Gasteiger partial charge in [0, 0.05) is 18.0 Å². The molecule has 1 saturated carbocycles. The predicted octanol–water partition coefficient (Wildman–Crippen LogP) is 7.08. The zero-order chi connectivity index (χ0) is 30.0. The van der Waals surface area contributed by atoms with Gasteiger partial charge in [-0.15, -0.1) is 0 Å². The molecule has 5 rings (SSSR count). The summed E-state index contributed by atoms with van der Waals surface area (Å²) in [6.45, 7) is 1.77. The summed E-state index contributed by atoms with van der Waals surface area (Å²) in [7, 11) is -4.33. The van der Waals surface area contributed by atoms with E-state index in [4.69, 9.17) is 0 Å². The number of likely N-dealkylation sites (tertiary alicyclic amines) is 1. The fourth-order valence-corrected chi connectivity index (χ4v) is 9.54. The molecule has 2 aromatic carbocycles. The normalized spacial score (nSPS) is 24.2. The van der Waals surface area contributed by atoms with Crippen LogP contribution in [-0.2, 0) is 31.5 Å². The Hall–Kier alpha value is -2.63. The molecule has 41 heavy (non-hydrogen) atoms. The van der Waals surface area contributed by atoms with Gasteiger partial charge in [-0.05, 0) is 67.9 Å². The second-order valence-electron chi connectivity index (χ2n) is 11.4. The molecule has 0 radical (unpaired) electrons. The molecule has 0 N–H and O–H groups in total. The molecule has 4 nitrogen and oxygen atoms in total. The van der Waals surface area contributed by atoms with Gasteiger partial charge in [0.05, 0.1) is 10.9 Å². The zero-order valence-corrected chi connectivity index (χ0v) is 23.1. The monoisotopic (exact) mass is 605 g/mol. The number of hydrogen-bond donors (Lipinski definition) is 0. The molecule has 1 amide bonds. The lowest BCUT2D eigenvalue weighted by molar-refractivity contribution is -0.348. The van der Waals surface area contributed by atoms with Crippen LogP contribution in [-0.4, -0.2) is 44.2 Å². The van der Waals surface area contributed by atoms with E-state index in [1.807, 2.05) is 0 Å². The minimum absolute atomic E-state index is 0.00270. The van der Waals surface area contributed by atoms with Crippen LogP contribution in [0.5, 0.6) is 0 Å². The van der Waals surface area contributed by atoms with Gasteiger partial charge in [0.2, 0.25) is 5.91 Å². The largest absolute Gasteiger partial charge is 0.435 e. The Kier molecular flexibility index (Phi) is 7.27. The van der Waals surface area contributed by atoms with Gasteiger partial charge >= 0.3 is 18.0 Å². The van der Waals surface area contributed by atoms with Crippen LogP contribution in [0.1, 0.15) is 67.2 Å². The van der Waals surface area contributed by atoms with Crippen molar-refractivity contribution in [3.05, 3.63) is 64.7 Å². The summed E-state index contributed by atoms with van der Waals surface area (Å²) in [5.74, 6) is -0.441. The summed E-state index contributed by atoms with van der Waals surface area (Å²) < 4.78 is 123. The maximum absolute atomic E-state index is 15.0. The third-order valence-electron chi connectivity index (χ3n) is 9.08. The maximum Gasteiger partial charge on any atom is 0.435 e. The number of alkyl halides is 7. The van der Waals surface area contributed by atoms with Gasteiger partial charge in [0.15, 0.2) is 9.84 Å². The van der Waals surface area contributed by atoms with Crippen LogP contribution in [0.2, 0.25) is 0 Å². The fraction of sp³-hybridized carbons (Fsp3) is 0.552. The molecule has 2 fully saturated rings. The van der Waals surface area contributed by atoms with Crippen molar-refractivity contribution in [3.8, 4) is 0 Å². The third kappa shape index (κ3) is 4.46. The number of halogens is 7. The van der Waals surface area contributed by atoms with E-state index in [0.717, 1.165) is 25.3 Å². The first kappa shape index (κ1) is 29.8. The lowest BCUT2D eigenvalue weighted by Crippen LogP contribution is -2.53. The highest BCUT2D eigenvalue weighted by atomic mass is 32.2. The number of benzene rings is 2. The van der Waals surface area contributed by atoms with Gasteiger partial charge in [-0.25, -0.2) is 12.8 Å². The lowest BCUT2D eigenvalue weighted by atomic mass is 9.76. The first-order chi connectivity index (χ1) is 19.1. The van der Waals surface area contributed by atoms with Crippen LogP contribution in [0, 0.1) is 12.8 Å². The topological polar surface area (TPSA) is 54.5 Å². The highest BCUT2D eigenvalue weighted by Gasteiger charge is 2.74. The summed E-state index contributed by atoms with van der Waals surface area (Å²) in [6.07, 6.45) is -8.69. The van der Waals surface area contributed by atoms with Crippen molar-refractivity contribution in [2.24, 2.45) is 5.92 Å². The van der Waals surface area contributed by atoms with Crippen molar-refractivity contribution in [3.63, 3.8) is 0 Å². The molecule has 2 atom stereocenters. The molecule has 0 bridgehead atoms. The van der Waals surface area contributed by atoms with Crippen LogP contribution >= 0.6 is 0 Å². The molecule has 0 spiro atoms. The van der Waals surface area contributed by atoms with E-state index in [1.54, 1.807) is 24.0 Å². The Morgan fingerprint density at radius 3 is 2.17 bits per heavy atom. The van der Waals surface area contributed by atoms with Gasteiger partial charge < -0.3 is 4.90 Å². The molecular weight excluding hydrogens is 575 g/mol. The number of fused-ring (bicyclic) bond motifs is 3. The lowest BCUT2D eigenvalue weighted by Gasteiger charge is -2.43. The quantitative estimate of drug-likeness (QED) is 0.350. The summed E-state index contributed by atoms with van der Waals surface area (Å²) in [4.78, 5) is 15.2. The van der Waals surface area contributed by atoms with Crippen LogP contribution < -0.4 is 0 Å². The molecule has 2 unspecified atom stereocenters. The van der Waals surface area contributed by atoms with Gasteiger partial charge in [-0.1, -0.05) is 49.6 Å². The number of rotatable bonds is 4. The Balaban J connectivity index is 1.68. The van der Waals surface area contributed by atoms with Crippen LogP contribution in [0.3, 0.4) is 0 Å². The fourth-order valence-electron chi connectivity index (χ4n) is 7.07. The second-order valence-corrected chi connectivity index (χ2v) is 13.6. The van der Waals surface area contributed by atoms with Gasteiger partial charge in [-0.3, -0.25) is 4.79 Å². The third-order valence-corrected chi connectivity index (χ3v) is 11.6. The molecule has 224 valence electrons. The highest BCUT2D eigenvalue weighted by molar-refractivity contribution is 7.92. The summed E-state index contributed by atoms with van der Waals surface area (Å²) in [6, 6.07) is 7.00. The van der Waals surface area contributed by atoms with Gasteiger partial charge in [0.25, 0.3) is 0 Å².